The van der Waals surface area contributed by atoms with Crippen LogP contribution in [-0.4, -0.2) is 68.0 Å². The Morgan fingerprint density at radius 1 is 1.38 bits per heavy atom. The minimum absolute atomic E-state index is 0.415. The van der Waals surface area contributed by atoms with E-state index in [1.54, 1.807) is 12.0 Å². The van der Waals surface area contributed by atoms with E-state index in [9.17, 15) is 5.11 Å². The van der Waals surface area contributed by atoms with Crippen LogP contribution >= 0.6 is 0 Å². The third kappa shape index (κ3) is 4.92. The second-order valence-electron chi connectivity index (χ2n) is 5.34. The predicted molar refractivity (Wildman–Crippen MR) is 76.2 cm³/mol. The molecule has 21 heavy (non-hydrogen) atoms. The highest BCUT2D eigenvalue weighted by Gasteiger charge is 2.32. The first-order valence-corrected chi connectivity index (χ1v) is 7.16. The molecule has 1 fully saturated rings. The summed E-state index contributed by atoms with van der Waals surface area (Å²) in [5.74, 6) is 0.520. The number of nitrogens with one attached hydrogen (secondary N) is 1. The lowest BCUT2D eigenvalue weighted by atomic mass is 9.94. The van der Waals surface area contributed by atoms with Gasteiger partial charge in [-0.15, -0.1) is 5.10 Å². The second kappa shape index (κ2) is 7.69. The van der Waals surface area contributed by atoms with E-state index < -0.39 is 5.60 Å². The van der Waals surface area contributed by atoms with E-state index in [0.29, 0.717) is 57.7 Å². The maximum atomic E-state index is 10.5. The van der Waals surface area contributed by atoms with Gasteiger partial charge in [-0.05, 0) is 0 Å². The average Bonchev–Trinajstić information content (AvgIpc) is 2.93. The van der Waals surface area contributed by atoms with Gasteiger partial charge in [-0.1, -0.05) is 5.10 Å². The molecule has 2 heterocycles. The van der Waals surface area contributed by atoms with E-state index >= 15 is 0 Å². The Bertz CT molecular complexity index is 420. The Balaban J connectivity index is 1.82. The first kappa shape index (κ1) is 16.2. The molecule has 1 aliphatic rings. The van der Waals surface area contributed by atoms with Crippen LogP contribution in [0.5, 0.6) is 0 Å². The Morgan fingerprint density at radius 2 is 2.14 bits per heavy atom. The number of likely N-dealkylation sites (N-methyl/N-ethyl adjacent to an activating group) is 1. The quantitative estimate of drug-likeness (QED) is 0.637. The Hall–Kier alpha value is -1.22. The van der Waals surface area contributed by atoms with Gasteiger partial charge in [-0.2, -0.15) is 0 Å². The molecular weight excluding hydrogens is 276 g/mol. The van der Waals surface area contributed by atoms with Crippen molar-refractivity contribution < 1.29 is 19.0 Å². The maximum Gasteiger partial charge on any atom is 0.318 e. The summed E-state index contributed by atoms with van der Waals surface area (Å²) in [6.07, 6.45) is 1.24. The minimum atomic E-state index is -0.752. The van der Waals surface area contributed by atoms with E-state index in [1.807, 2.05) is 7.05 Å². The topological polar surface area (TPSA) is 92.9 Å². The van der Waals surface area contributed by atoms with Crippen LogP contribution in [0.1, 0.15) is 18.7 Å². The minimum Gasteiger partial charge on any atom is -0.407 e. The van der Waals surface area contributed by atoms with Crippen molar-refractivity contribution in [3.05, 3.63) is 5.89 Å². The van der Waals surface area contributed by atoms with Gasteiger partial charge >= 0.3 is 6.01 Å². The molecule has 0 amide bonds. The highest BCUT2D eigenvalue weighted by molar-refractivity contribution is 5.23. The number of nitrogens with zero attached hydrogens (tertiary/aromatic N) is 3. The zero-order valence-electron chi connectivity index (χ0n) is 12.7. The fourth-order valence-electron chi connectivity index (χ4n) is 2.26. The third-order valence-electron chi connectivity index (χ3n) is 3.50. The molecular formula is C13H24N4O4. The number of aromatic nitrogens is 2. The molecule has 0 bridgehead atoms. The van der Waals surface area contributed by atoms with Gasteiger partial charge in [0, 0.05) is 46.8 Å². The fraction of sp³-hybridized carbons (Fsp3) is 0.846. The van der Waals surface area contributed by atoms with Crippen LogP contribution in [0.25, 0.3) is 0 Å². The van der Waals surface area contributed by atoms with Gasteiger partial charge in [-0.3, -0.25) is 0 Å². The van der Waals surface area contributed by atoms with Crippen LogP contribution in [0.4, 0.5) is 6.01 Å². The number of anilines is 1. The van der Waals surface area contributed by atoms with E-state index in [4.69, 9.17) is 13.9 Å². The molecule has 0 unspecified atom stereocenters. The molecule has 2 rings (SSSR count). The van der Waals surface area contributed by atoms with E-state index in [1.165, 1.54) is 0 Å². The van der Waals surface area contributed by atoms with Crippen LogP contribution in [0, 0.1) is 0 Å². The van der Waals surface area contributed by atoms with Crippen molar-refractivity contribution in [2.75, 3.05) is 52.0 Å². The standard InChI is InChI=1S/C13H24N4O4/c1-17(10-13(18)3-6-20-7-4-13)12-16-15-11(21-12)9-14-5-8-19-2/h14,18H,3-10H2,1-2H3. The summed E-state index contributed by atoms with van der Waals surface area (Å²) in [6, 6.07) is 0.415. The largest absolute Gasteiger partial charge is 0.407 e. The van der Waals surface area contributed by atoms with Crippen molar-refractivity contribution in [2.24, 2.45) is 0 Å². The third-order valence-corrected chi connectivity index (χ3v) is 3.50. The summed E-state index contributed by atoms with van der Waals surface area (Å²) in [6.45, 7) is 3.49. The van der Waals surface area contributed by atoms with Crippen LogP contribution in [0.15, 0.2) is 4.42 Å². The van der Waals surface area contributed by atoms with Crippen molar-refractivity contribution in [3.63, 3.8) is 0 Å². The average molecular weight is 300 g/mol. The molecule has 120 valence electrons. The maximum absolute atomic E-state index is 10.5. The fourth-order valence-corrected chi connectivity index (χ4v) is 2.26. The molecule has 0 saturated carbocycles. The zero-order valence-corrected chi connectivity index (χ0v) is 12.7. The lowest BCUT2D eigenvalue weighted by molar-refractivity contribution is -0.0576. The first-order chi connectivity index (χ1) is 10.1. The smallest absolute Gasteiger partial charge is 0.318 e. The highest BCUT2D eigenvalue weighted by Crippen LogP contribution is 2.23. The van der Waals surface area contributed by atoms with Crippen LogP contribution in [-0.2, 0) is 16.0 Å². The van der Waals surface area contributed by atoms with Gasteiger partial charge in [0.25, 0.3) is 0 Å². The summed E-state index contributed by atoms with van der Waals surface area (Å²) >= 11 is 0. The van der Waals surface area contributed by atoms with Crippen LogP contribution in [0.3, 0.4) is 0 Å². The summed E-state index contributed by atoms with van der Waals surface area (Å²) in [4.78, 5) is 1.79. The number of rotatable bonds is 8. The van der Waals surface area contributed by atoms with Gasteiger partial charge in [0.15, 0.2) is 0 Å². The molecule has 8 heteroatoms. The SMILES string of the molecule is COCCNCc1nnc(N(C)CC2(O)CCOCC2)o1. The normalized spacial score (nSPS) is 17.9. The second-order valence-corrected chi connectivity index (χ2v) is 5.34. The summed E-state index contributed by atoms with van der Waals surface area (Å²) in [5.41, 5.74) is -0.752. The van der Waals surface area contributed by atoms with Gasteiger partial charge < -0.3 is 29.2 Å². The molecule has 0 spiro atoms. The van der Waals surface area contributed by atoms with Crippen molar-refractivity contribution in [3.8, 4) is 0 Å². The van der Waals surface area contributed by atoms with Crippen molar-refractivity contribution >= 4 is 6.01 Å². The molecule has 1 aliphatic heterocycles. The Morgan fingerprint density at radius 3 is 2.86 bits per heavy atom. The molecule has 1 aromatic rings. The number of ether oxygens (including phenoxy) is 2. The van der Waals surface area contributed by atoms with Gasteiger partial charge in [-0.25, -0.2) is 0 Å². The molecule has 0 atom stereocenters. The van der Waals surface area contributed by atoms with E-state index in [2.05, 4.69) is 15.5 Å². The van der Waals surface area contributed by atoms with Crippen molar-refractivity contribution in [1.82, 2.24) is 15.5 Å². The molecule has 0 aliphatic carbocycles. The van der Waals surface area contributed by atoms with Crippen molar-refractivity contribution in [2.45, 2.75) is 25.0 Å². The molecule has 1 aromatic heterocycles. The predicted octanol–water partition coefficient (Wildman–Crippen LogP) is -0.217. The lowest BCUT2D eigenvalue weighted by Crippen LogP contribution is -2.45. The van der Waals surface area contributed by atoms with Gasteiger partial charge in [0.2, 0.25) is 5.89 Å². The molecule has 8 nitrogen and oxygen atoms in total. The first-order valence-electron chi connectivity index (χ1n) is 7.16. The molecule has 1 saturated heterocycles. The van der Waals surface area contributed by atoms with Crippen LogP contribution < -0.4 is 10.2 Å². The van der Waals surface area contributed by atoms with Gasteiger partial charge in [0.1, 0.15) is 0 Å². The summed E-state index contributed by atoms with van der Waals surface area (Å²) in [5, 5.41) is 21.6. The molecule has 2 N–H and O–H groups in total. The molecule has 0 aromatic carbocycles. The number of aliphatic hydroxyl groups is 1. The number of methoxy groups -OCH3 is 1. The van der Waals surface area contributed by atoms with Gasteiger partial charge in [0.05, 0.1) is 25.3 Å². The lowest BCUT2D eigenvalue weighted by Gasteiger charge is -2.34. The van der Waals surface area contributed by atoms with E-state index in [0.717, 1.165) is 6.54 Å². The Kier molecular flexibility index (Phi) is 5.92. The Labute approximate surface area is 124 Å². The monoisotopic (exact) mass is 300 g/mol. The number of hydrogen-bond donors (Lipinski definition) is 2. The van der Waals surface area contributed by atoms with Crippen molar-refractivity contribution in [1.29, 1.82) is 0 Å². The van der Waals surface area contributed by atoms with E-state index in [-0.39, 0.29) is 0 Å². The van der Waals surface area contributed by atoms with Crippen LogP contribution in [0.2, 0.25) is 0 Å². The summed E-state index contributed by atoms with van der Waals surface area (Å²) in [7, 11) is 3.49. The molecule has 0 radical (unpaired) electrons. The summed E-state index contributed by atoms with van der Waals surface area (Å²) < 4.78 is 15.8. The number of hydrogen-bond acceptors (Lipinski definition) is 8. The zero-order chi connectivity index (χ0) is 15.1. The highest BCUT2D eigenvalue weighted by atomic mass is 16.5.